The van der Waals surface area contributed by atoms with Crippen LogP contribution in [0.5, 0.6) is 0 Å². The van der Waals surface area contributed by atoms with Gasteiger partial charge in [0.25, 0.3) is 0 Å². The van der Waals surface area contributed by atoms with E-state index in [2.05, 4.69) is 118 Å². The summed E-state index contributed by atoms with van der Waals surface area (Å²) in [5.41, 5.74) is 8.12. The fraction of sp³-hybridized carbons (Fsp3) is 0.161. The molecule has 1 atom stereocenters. The summed E-state index contributed by atoms with van der Waals surface area (Å²) in [6.45, 7) is 6.93. The maximum absolute atomic E-state index is 2.42. The van der Waals surface area contributed by atoms with Crippen LogP contribution in [0.25, 0.3) is 43.8 Å². The average molecular weight is 401 g/mol. The topological polar surface area (TPSA) is 0 Å². The Balaban J connectivity index is 1.85. The first-order valence-corrected chi connectivity index (χ1v) is 11.3. The van der Waals surface area contributed by atoms with Crippen LogP contribution in [0.15, 0.2) is 97.1 Å². The average Bonchev–Trinajstić information content (AvgIpc) is 2.84. The number of benzene rings is 5. The molecule has 31 heavy (non-hydrogen) atoms. The van der Waals surface area contributed by atoms with Crippen LogP contribution in [0.3, 0.4) is 0 Å². The minimum absolute atomic E-state index is 0.489. The van der Waals surface area contributed by atoms with Crippen molar-refractivity contribution in [3.05, 3.63) is 108 Å². The predicted molar refractivity (Wildman–Crippen MR) is 136 cm³/mol. The summed E-state index contributed by atoms with van der Waals surface area (Å²) in [6.07, 6.45) is 1.12. The van der Waals surface area contributed by atoms with Crippen LogP contribution in [-0.2, 0) is 0 Å². The van der Waals surface area contributed by atoms with E-state index in [1.54, 1.807) is 0 Å². The van der Waals surface area contributed by atoms with Gasteiger partial charge in [-0.3, -0.25) is 0 Å². The molecule has 0 heteroatoms. The summed E-state index contributed by atoms with van der Waals surface area (Å²) in [7, 11) is 0. The Morgan fingerprint density at radius 2 is 1.19 bits per heavy atom. The first-order valence-electron chi connectivity index (χ1n) is 11.3. The molecule has 0 amide bonds. The third kappa shape index (κ3) is 3.33. The molecule has 0 N–H and O–H groups in total. The van der Waals surface area contributed by atoms with Crippen molar-refractivity contribution in [1.29, 1.82) is 0 Å². The first kappa shape index (κ1) is 19.6. The van der Waals surface area contributed by atoms with Gasteiger partial charge in [-0.2, -0.15) is 0 Å². The standard InChI is InChI=1S/C31H28/c1-4-21(2)30-20-24(23-12-6-5-7-13-23)18-19-29(30)31-22(3)25-14-8-9-15-26(25)27-16-10-11-17-28(27)31/h5-21H,4H2,1-3H3. The normalized spacial score (nSPS) is 12.4. The first-order chi connectivity index (χ1) is 15.2. The summed E-state index contributed by atoms with van der Waals surface area (Å²) in [4.78, 5) is 0. The van der Waals surface area contributed by atoms with Gasteiger partial charge in [-0.25, -0.2) is 0 Å². The quantitative estimate of drug-likeness (QED) is 0.264. The summed E-state index contributed by atoms with van der Waals surface area (Å²) in [5.74, 6) is 0.489. The Kier molecular flexibility index (Phi) is 5.08. The third-order valence-electron chi connectivity index (χ3n) is 6.76. The fourth-order valence-electron chi connectivity index (χ4n) is 4.89. The molecule has 0 fully saturated rings. The molecule has 5 rings (SSSR count). The second kappa shape index (κ2) is 8.04. The van der Waals surface area contributed by atoms with Gasteiger partial charge in [0.15, 0.2) is 0 Å². The highest BCUT2D eigenvalue weighted by Gasteiger charge is 2.18. The molecule has 0 aliphatic heterocycles. The van der Waals surface area contributed by atoms with Gasteiger partial charge in [-0.05, 0) is 74.2 Å². The summed E-state index contributed by atoms with van der Waals surface area (Å²) < 4.78 is 0. The molecule has 0 spiro atoms. The zero-order valence-electron chi connectivity index (χ0n) is 18.5. The molecule has 0 heterocycles. The SMILES string of the molecule is CCC(C)c1cc(-c2ccccc2)ccc1-c1c(C)c2ccccc2c2ccccc12. The molecule has 0 aromatic heterocycles. The second-order valence-electron chi connectivity index (χ2n) is 8.57. The van der Waals surface area contributed by atoms with E-state index in [4.69, 9.17) is 0 Å². The molecule has 1 unspecified atom stereocenters. The highest BCUT2D eigenvalue weighted by molar-refractivity contribution is 6.16. The molecular weight excluding hydrogens is 372 g/mol. The maximum Gasteiger partial charge on any atom is -0.00668 e. The van der Waals surface area contributed by atoms with Gasteiger partial charge in [0.1, 0.15) is 0 Å². The molecule has 152 valence electrons. The van der Waals surface area contributed by atoms with Gasteiger partial charge in [-0.15, -0.1) is 0 Å². The van der Waals surface area contributed by atoms with E-state index in [1.165, 1.54) is 54.9 Å². The van der Waals surface area contributed by atoms with Crippen molar-refractivity contribution in [3.8, 4) is 22.3 Å². The smallest absolute Gasteiger partial charge is 0.00668 e. The largest absolute Gasteiger partial charge is 0.0648 e. The number of fused-ring (bicyclic) bond motifs is 3. The lowest BCUT2D eigenvalue weighted by atomic mass is 9.82. The van der Waals surface area contributed by atoms with E-state index in [0.717, 1.165) is 6.42 Å². The highest BCUT2D eigenvalue weighted by atomic mass is 14.2. The molecule has 0 nitrogen and oxygen atoms in total. The summed E-state index contributed by atoms with van der Waals surface area (Å²) in [6, 6.07) is 35.5. The van der Waals surface area contributed by atoms with Gasteiger partial charge in [-0.1, -0.05) is 111 Å². The fourth-order valence-corrected chi connectivity index (χ4v) is 4.89. The number of hydrogen-bond donors (Lipinski definition) is 0. The molecule has 5 aromatic carbocycles. The monoisotopic (exact) mass is 400 g/mol. The van der Waals surface area contributed by atoms with Crippen LogP contribution in [0, 0.1) is 6.92 Å². The van der Waals surface area contributed by atoms with Crippen molar-refractivity contribution >= 4 is 21.5 Å². The van der Waals surface area contributed by atoms with Crippen molar-refractivity contribution in [2.24, 2.45) is 0 Å². The zero-order valence-corrected chi connectivity index (χ0v) is 18.5. The lowest BCUT2D eigenvalue weighted by Crippen LogP contribution is -1.99. The van der Waals surface area contributed by atoms with Gasteiger partial charge >= 0.3 is 0 Å². The van der Waals surface area contributed by atoms with Gasteiger partial charge in [0.05, 0.1) is 0 Å². The molecule has 0 bridgehead atoms. The van der Waals surface area contributed by atoms with E-state index in [1.807, 2.05) is 0 Å². The molecule has 0 aliphatic carbocycles. The van der Waals surface area contributed by atoms with E-state index in [9.17, 15) is 0 Å². The van der Waals surface area contributed by atoms with E-state index in [-0.39, 0.29) is 0 Å². The number of hydrogen-bond acceptors (Lipinski definition) is 0. The van der Waals surface area contributed by atoms with E-state index < -0.39 is 0 Å². The lowest BCUT2D eigenvalue weighted by molar-refractivity contribution is 0.735. The minimum Gasteiger partial charge on any atom is -0.0648 e. The molecule has 5 aromatic rings. The van der Waals surface area contributed by atoms with Crippen LogP contribution < -0.4 is 0 Å². The van der Waals surface area contributed by atoms with Crippen molar-refractivity contribution < 1.29 is 0 Å². The van der Waals surface area contributed by atoms with Crippen LogP contribution in [0.1, 0.15) is 37.3 Å². The Bertz CT molecular complexity index is 1380. The van der Waals surface area contributed by atoms with Crippen LogP contribution in [0.2, 0.25) is 0 Å². The number of rotatable bonds is 4. The maximum atomic E-state index is 2.42. The van der Waals surface area contributed by atoms with Crippen LogP contribution in [0.4, 0.5) is 0 Å². The zero-order chi connectivity index (χ0) is 21.4. The molecule has 0 radical (unpaired) electrons. The Labute approximate surface area is 185 Å². The molecule has 0 saturated carbocycles. The Morgan fingerprint density at radius 1 is 0.613 bits per heavy atom. The molecule has 0 aliphatic rings. The predicted octanol–water partition coefficient (Wildman–Crippen LogP) is 9.15. The highest BCUT2D eigenvalue weighted by Crippen LogP contribution is 2.42. The lowest BCUT2D eigenvalue weighted by Gasteiger charge is -2.21. The summed E-state index contributed by atoms with van der Waals surface area (Å²) in [5, 5.41) is 5.36. The van der Waals surface area contributed by atoms with Crippen LogP contribution >= 0.6 is 0 Å². The van der Waals surface area contributed by atoms with Crippen LogP contribution in [-0.4, -0.2) is 0 Å². The van der Waals surface area contributed by atoms with Gasteiger partial charge in [0.2, 0.25) is 0 Å². The van der Waals surface area contributed by atoms with Gasteiger partial charge in [0, 0.05) is 0 Å². The van der Waals surface area contributed by atoms with Gasteiger partial charge < -0.3 is 0 Å². The Hall–Kier alpha value is -3.38. The van der Waals surface area contributed by atoms with Crippen molar-refractivity contribution in [2.45, 2.75) is 33.1 Å². The third-order valence-corrected chi connectivity index (χ3v) is 6.76. The van der Waals surface area contributed by atoms with Crippen molar-refractivity contribution in [2.75, 3.05) is 0 Å². The molecular formula is C31H28. The second-order valence-corrected chi connectivity index (χ2v) is 8.57. The van der Waals surface area contributed by atoms with E-state index in [0.29, 0.717) is 5.92 Å². The van der Waals surface area contributed by atoms with Crippen molar-refractivity contribution in [1.82, 2.24) is 0 Å². The molecule has 0 saturated heterocycles. The van der Waals surface area contributed by atoms with E-state index >= 15 is 0 Å². The number of aryl methyl sites for hydroxylation is 1. The summed E-state index contributed by atoms with van der Waals surface area (Å²) >= 11 is 0. The minimum atomic E-state index is 0.489. The van der Waals surface area contributed by atoms with Crippen molar-refractivity contribution in [3.63, 3.8) is 0 Å². The Morgan fingerprint density at radius 3 is 1.87 bits per heavy atom.